The summed E-state index contributed by atoms with van der Waals surface area (Å²) in [4.78, 5) is 24.8. The minimum absolute atomic E-state index is 0.295. The first-order valence-electron chi connectivity index (χ1n) is 5.70. The second-order valence-electron chi connectivity index (χ2n) is 4.12. The first-order chi connectivity index (χ1) is 9.88. The molecule has 0 bridgehead atoms. The van der Waals surface area contributed by atoms with Crippen LogP contribution in [0, 0.1) is 17.0 Å². The summed E-state index contributed by atoms with van der Waals surface area (Å²) in [5, 5.41) is 20.2. The van der Waals surface area contributed by atoms with Gasteiger partial charge in [-0.15, -0.1) is 0 Å². The lowest BCUT2D eigenvalue weighted by Crippen LogP contribution is -2.02. The van der Waals surface area contributed by atoms with E-state index in [4.69, 9.17) is 21.4 Å². The molecule has 0 amide bonds. The van der Waals surface area contributed by atoms with Gasteiger partial charge in [-0.2, -0.15) is 0 Å². The highest BCUT2D eigenvalue weighted by Gasteiger charge is 2.21. The number of pyridine rings is 1. The summed E-state index contributed by atoms with van der Waals surface area (Å²) in [6.45, 7) is 1.74. The number of aromatic nitrogens is 1. The Morgan fingerprint density at radius 2 is 2.14 bits per heavy atom. The second kappa shape index (κ2) is 5.76. The normalized spacial score (nSPS) is 10.2. The van der Waals surface area contributed by atoms with Crippen LogP contribution in [-0.4, -0.2) is 21.0 Å². The summed E-state index contributed by atoms with van der Waals surface area (Å²) >= 11 is 5.84. The van der Waals surface area contributed by atoms with E-state index in [1.54, 1.807) is 19.1 Å². The lowest BCUT2D eigenvalue weighted by atomic mass is 10.2. The highest BCUT2D eigenvalue weighted by atomic mass is 35.5. The first-order valence-corrected chi connectivity index (χ1v) is 6.08. The van der Waals surface area contributed by atoms with E-state index in [-0.39, 0.29) is 11.4 Å². The van der Waals surface area contributed by atoms with Gasteiger partial charge in [0.25, 0.3) is 5.88 Å². The fourth-order valence-corrected chi connectivity index (χ4v) is 1.72. The zero-order valence-electron chi connectivity index (χ0n) is 10.7. The van der Waals surface area contributed by atoms with Gasteiger partial charge in [0.15, 0.2) is 0 Å². The third-order valence-electron chi connectivity index (χ3n) is 2.63. The molecule has 0 fully saturated rings. The lowest BCUT2D eigenvalue weighted by molar-refractivity contribution is -0.386. The molecule has 0 unspecified atom stereocenters. The summed E-state index contributed by atoms with van der Waals surface area (Å²) < 4.78 is 5.39. The molecule has 0 aliphatic heterocycles. The van der Waals surface area contributed by atoms with Gasteiger partial charge >= 0.3 is 11.7 Å². The predicted molar refractivity (Wildman–Crippen MR) is 74.1 cm³/mol. The molecule has 7 nitrogen and oxygen atoms in total. The van der Waals surface area contributed by atoms with E-state index in [0.29, 0.717) is 16.3 Å². The summed E-state index contributed by atoms with van der Waals surface area (Å²) in [6.07, 6.45) is 0.991. The van der Waals surface area contributed by atoms with E-state index in [0.717, 1.165) is 12.3 Å². The molecule has 0 aliphatic carbocycles. The molecule has 1 aromatic carbocycles. The summed E-state index contributed by atoms with van der Waals surface area (Å²) in [6, 6.07) is 5.73. The number of nitrogens with zero attached hydrogens (tertiary/aromatic N) is 2. The molecule has 0 atom stereocenters. The molecule has 0 saturated heterocycles. The number of carbonyl (C=O) groups is 1. The summed E-state index contributed by atoms with van der Waals surface area (Å²) in [5.74, 6) is -1.30. The van der Waals surface area contributed by atoms with Crippen LogP contribution in [0.4, 0.5) is 5.69 Å². The number of aromatic carboxylic acids is 1. The van der Waals surface area contributed by atoms with Crippen molar-refractivity contribution in [1.82, 2.24) is 4.98 Å². The Morgan fingerprint density at radius 1 is 1.43 bits per heavy atom. The van der Waals surface area contributed by atoms with Crippen molar-refractivity contribution in [3.05, 3.63) is 56.7 Å². The number of nitro groups is 1. The molecule has 1 heterocycles. The zero-order valence-corrected chi connectivity index (χ0v) is 11.5. The van der Waals surface area contributed by atoms with Crippen molar-refractivity contribution in [2.75, 3.05) is 0 Å². The molecule has 2 rings (SSSR count). The molecule has 8 heteroatoms. The molecule has 1 aromatic heterocycles. The van der Waals surface area contributed by atoms with Gasteiger partial charge in [-0.25, -0.2) is 9.78 Å². The maximum absolute atomic E-state index is 11.0. The summed E-state index contributed by atoms with van der Waals surface area (Å²) in [7, 11) is 0. The van der Waals surface area contributed by atoms with Crippen LogP contribution in [0.1, 0.15) is 15.9 Å². The van der Waals surface area contributed by atoms with Crippen molar-refractivity contribution in [1.29, 1.82) is 0 Å². The van der Waals surface area contributed by atoms with Crippen LogP contribution < -0.4 is 4.74 Å². The average Bonchev–Trinajstić information content (AvgIpc) is 2.42. The maximum atomic E-state index is 11.0. The fraction of sp³-hybridized carbons (Fsp3) is 0.0769. The Balaban J connectivity index is 2.46. The van der Waals surface area contributed by atoms with E-state index in [2.05, 4.69) is 4.98 Å². The van der Waals surface area contributed by atoms with Crippen molar-refractivity contribution in [3.8, 4) is 11.6 Å². The molecular formula is C13H9ClN2O5. The highest BCUT2D eigenvalue weighted by Crippen LogP contribution is 2.32. The Labute approximate surface area is 123 Å². The van der Waals surface area contributed by atoms with Crippen molar-refractivity contribution >= 4 is 23.3 Å². The van der Waals surface area contributed by atoms with Crippen molar-refractivity contribution < 1.29 is 19.6 Å². The Bertz CT molecular complexity index is 732. The minimum Gasteiger partial charge on any atom is -0.478 e. The second-order valence-corrected chi connectivity index (χ2v) is 4.56. The first kappa shape index (κ1) is 14.7. The highest BCUT2D eigenvalue weighted by molar-refractivity contribution is 6.30. The average molecular weight is 309 g/mol. The van der Waals surface area contributed by atoms with Crippen LogP contribution in [0.3, 0.4) is 0 Å². The van der Waals surface area contributed by atoms with Gasteiger partial charge in [-0.3, -0.25) is 10.1 Å². The van der Waals surface area contributed by atoms with Crippen LogP contribution in [-0.2, 0) is 0 Å². The monoisotopic (exact) mass is 308 g/mol. The predicted octanol–water partition coefficient (Wildman–Crippen LogP) is 3.44. The van der Waals surface area contributed by atoms with E-state index >= 15 is 0 Å². The van der Waals surface area contributed by atoms with Gasteiger partial charge in [0.1, 0.15) is 5.75 Å². The van der Waals surface area contributed by atoms with Crippen molar-refractivity contribution in [2.24, 2.45) is 0 Å². The lowest BCUT2D eigenvalue weighted by Gasteiger charge is -2.08. The third-order valence-corrected chi connectivity index (χ3v) is 2.87. The number of carboxylic acid groups (broad SMARTS) is 1. The number of halogens is 1. The SMILES string of the molecule is Cc1ccc(Cl)cc1Oc1ncc(C(=O)O)cc1[N+](=O)[O-]. The minimum atomic E-state index is -1.31. The van der Waals surface area contributed by atoms with Crippen LogP contribution in [0.2, 0.25) is 5.02 Å². The molecular weight excluding hydrogens is 300 g/mol. The van der Waals surface area contributed by atoms with Gasteiger partial charge < -0.3 is 9.84 Å². The third kappa shape index (κ3) is 3.26. The van der Waals surface area contributed by atoms with Crippen LogP contribution in [0.15, 0.2) is 30.5 Å². The summed E-state index contributed by atoms with van der Waals surface area (Å²) in [5.41, 5.74) is -0.121. The standard InChI is InChI=1S/C13H9ClN2O5/c1-7-2-3-9(14)5-11(7)21-12-10(16(19)20)4-8(6-15-12)13(17)18/h2-6H,1H3,(H,17,18). The quantitative estimate of drug-likeness (QED) is 0.685. The van der Waals surface area contributed by atoms with Crippen LogP contribution in [0.25, 0.3) is 0 Å². The number of hydrogen-bond donors (Lipinski definition) is 1. The van der Waals surface area contributed by atoms with E-state index in [1.807, 2.05) is 0 Å². The molecule has 0 spiro atoms. The fourth-order valence-electron chi connectivity index (χ4n) is 1.56. The molecule has 0 saturated carbocycles. The molecule has 0 aliphatic rings. The number of benzene rings is 1. The molecule has 1 N–H and O–H groups in total. The number of carboxylic acids is 1. The number of aryl methyl sites for hydroxylation is 1. The van der Waals surface area contributed by atoms with Gasteiger partial charge in [0.05, 0.1) is 10.5 Å². The van der Waals surface area contributed by atoms with E-state index in [9.17, 15) is 14.9 Å². The topological polar surface area (TPSA) is 103 Å². The van der Waals surface area contributed by atoms with Gasteiger partial charge in [-0.05, 0) is 24.6 Å². The van der Waals surface area contributed by atoms with Crippen LogP contribution in [0.5, 0.6) is 11.6 Å². The van der Waals surface area contributed by atoms with Gasteiger partial charge in [0, 0.05) is 17.3 Å². The number of rotatable bonds is 4. The maximum Gasteiger partial charge on any atom is 0.337 e. The number of hydrogen-bond acceptors (Lipinski definition) is 5. The Morgan fingerprint density at radius 3 is 2.76 bits per heavy atom. The Hall–Kier alpha value is -2.67. The van der Waals surface area contributed by atoms with Gasteiger partial charge in [-0.1, -0.05) is 17.7 Å². The molecule has 108 valence electrons. The van der Waals surface area contributed by atoms with Crippen molar-refractivity contribution in [3.63, 3.8) is 0 Å². The largest absolute Gasteiger partial charge is 0.478 e. The number of ether oxygens (including phenoxy) is 1. The van der Waals surface area contributed by atoms with E-state index < -0.39 is 16.6 Å². The van der Waals surface area contributed by atoms with E-state index in [1.165, 1.54) is 6.07 Å². The molecule has 21 heavy (non-hydrogen) atoms. The van der Waals surface area contributed by atoms with Gasteiger partial charge in [0.2, 0.25) is 0 Å². The molecule has 2 aromatic rings. The smallest absolute Gasteiger partial charge is 0.337 e. The van der Waals surface area contributed by atoms with Crippen molar-refractivity contribution in [2.45, 2.75) is 6.92 Å². The zero-order chi connectivity index (χ0) is 15.6. The molecule has 0 radical (unpaired) electrons. The Kier molecular flexibility index (Phi) is 4.04. The van der Waals surface area contributed by atoms with Crippen LogP contribution >= 0.6 is 11.6 Å².